The molecule has 1 amide bonds. The van der Waals surface area contributed by atoms with Gasteiger partial charge in [0.25, 0.3) is 0 Å². The lowest BCUT2D eigenvalue weighted by atomic mass is 10.1. The van der Waals surface area contributed by atoms with Crippen LogP contribution in [0.5, 0.6) is 0 Å². The van der Waals surface area contributed by atoms with Gasteiger partial charge in [-0.15, -0.1) is 0 Å². The van der Waals surface area contributed by atoms with E-state index >= 15 is 0 Å². The molecule has 110 valence electrons. The van der Waals surface area contributed by atoms with Crippen LogP contribution in [0.15, 0.2) is 24.3 Å². The van der Waals surface area contributed by atoms with E-state index in [0.29, 0.717) is 25.0 Å². The Hall–Kier alpha value is -1.55. The molecule has 4 heteroatoms. The van der Waals surface area contributed by atoms with E-state index in [0.717, 1.165) is 30.6 Å². The summed E-state index contributed by atoms with van der Waals surface area (Å²) in [5.41, 5.74) is 7.90. The number of nitrogens with two attached hydrogens (primary N) is 1. The molecule has 1 saturated carbocycles. The Labute approximate surface area is 121 Å². The Bertz CT molecular complexity index is 438. The van der Waals surface area contributed by atoms with E-state index in [1.807, 2.05) is 0 Å². The van der Waals surface area contributed by atoms with Crippen LogP contribution >= 0.6 is 0 Å². The van der Waals surface area contributed by atoms with Gasteiger partial charge in [0, 0.05) is 37.3 Å². The van der Waals surface area contributed by atoms with Gasteiger partial charge >= 0.3 is 0 Å². The molecule has 0 aliphatic heterocycles. The van der Waals surface area contributed by atoms with Crippen LogP contribution < -0.4 is 16.0 Å². The molecule has 1 fully saturated rings. The van der Waals surface area contributed by atoms with Crippen molar-refractivity contribution in [2.24, 2.45) is 5.73 Å². The first-order valence-electron chi connectivity index (χ1n) is 7.45. The number of nitrogens with one attached hydrogen (secondary N) is 1. The first kappa shape index (κ1) is 14.9. The Morgan fingerprint density at radius 1 is 1.35 bits per heavy atom. The number of nitrogens with zero attached hydrogens (tertiary/aromatic N) is 1. The van der Waals surface area contributed by atoms with E-state index < -0.39 is 0 Å². The minimum Gasteiger partial charge on any atom is -0.369 e. The second-order valence-electron chi connectivity index (χ2n) is 5.75. The molecule has 0 radical (unpaired) electrons. The molecule has 0 saturated heterocycles. The highest BCUT2D eigenvalue weighted by Gasteiger charge is 2.23. The van der Waals surface area contributed by atoms with Crippen LogP contribution in [0.2, 0.25) is 0 Å². The smallest absolute Gasteiger partial charge is 0.221 e. The number of carbonyl (C=O) groups is 1. The number of carbonyl (C=O) groups excluding carboxylic acids is 1. The van der Waals surface area contributed by atoms with Crippen molar-refractivity contribution >= 4 is 11.6 Å². The average molecular weight is 275 g/mol. The summed E-state index contributed by atoms with van der Waals surface area (Å²) in [6, 6.07) is 9.08. The van der Waals surface area contributed by atoms with Crippen LogP contribution in [0.3, 0.4) is 0 Å². The van der Waals surface area contributed by atoms with Gasteiger partial charge < -0.3 is 16.0 Å². The Balaban J connectivity index is 1.92. The molecule has 0 spiro atoms. The number of hydrogen-bond acceptors (Lipinski definition) is 3. The summed E-state index contributed by atoms with van der Waals surface area (Å²) in [7, 11) is 0. The van der Waals surface area contributed by atoms with Crippen molar-refractivity contribution in [3.63, 3.8) is 0 Å². The number of benzene rings is 1. The van der Waals surface area contributed by atoms with Crippen LogP contribution in [0.4, 0.5) is 5.69 Å². The van der Waals surface area contributed by atoms with Gasteiger partial charge in [0.05, 0.1) is 0 Å². The highest BCUT2D eigenvalue weighted by Crippen LogP contribution is 2.20. The maximum Gasteiger partial charge on any atom is 0.221 e. The third-order valence-electron chi connectivity index (χ3n) is 3.65. The van der Waals surface area contributed by atoms with Crippen LogP contribution in [0.1, 0.15) is 38.7 Å². The van der Waals surface area contributed by atoms with Crippen molar-refractivity contribution in [1.29, 1.82) is 0 Å². The van der Waals surface area contributed by atoms with Gasteiger partial charge in [0.15, 0.2) is 0 Å². The lowest BCUT2D eigenvalue weighted by molar-refractivity contribution is -0.121. The van der Waals surface area contributed by atoms with E-state index in [1.54, 1.807) is 0 Å². The first-order valence-corrected chi connectivity index (χ1v) is 7.45. The molecule has 0 bridgehead atoms. The third kappa shape index (κ3) is 4.23. The standard InChI is InChI=1S/C16H25N3O/c1-12(2)19(10-9-16(20)18-14-5-6-14)15-7-3-13(11-17)4-8-15/h3-4,7-8,12,14H,5-6,9-11,17H2,1-2H3,(H,18,20). The van der Waals surface area contributed by atoms with Crippen LogP contribution in [0, 0.1) is 0 Å². The van der Waals surface area contributed by atoms with Crippen LogP contribution in [-0.4, -0.2) is 24.5 Å². The molecule has 0 heterocycles. The van der Waals surface area contributed by atoms with Crippen molar-refractivity contribution in [3.05, 3.63) is 29.8 Å². The molecular weight excluding hydrogens is 250 g/mol. The highest BCUT2D eigenvalue weighted by atomic mass is 16.1. The van der Waals surface area contributed by atoms with E-state index in [9.17, 15) is 4.79 Å². The lowest BCUT2D eigenvalue weighted by Crippen LogP contribution is -2.35. The number of anilines is 1. The Kier molecular flexibility index (Phi) is 5.01. The fraction of sp³-hybridized carbons (Fsp3) is 0.562. The topological polar surface area (TPSA) is 58.4 Å². The number of amides is 1. The van der Waals surface area contributed by atoms with Gasteiger partial charge in [0.1, 0.15) is 0 Å². The molecule has 1 aliphatic carbocycles. The summed E-state index contributed by atoms with van der Waals surface area (Å²) >= 11 is 0. The number of rotatable bonds is 7. The predicted octanol–water partition coefficient (Wildman–Crippen LogP) is 2.03. The summed E-state index contributed by atoms with van der Waals surface area (Å²) in [6.07, 6.45) is 2.83. The zero-order valence-electron chi connectivity index (χ0n) is 12.4. The predicted molar refractivity (Wildman–Crippen MR) is 82.6 cm³/mol. The fourth-order valence-corrected chi connectivity index (χ4v) is 2.26. The van der Waals surface area contributed by atoms with Gasteiger partial charge in [-0.1, -0.05) is 12.1 Å². The molecule has 0 atom stereocenters. The molecule has 4 nitrogen and oxygen atoms in total. The summed E-state index contributed by atoms with van der Waals surface area (Å²) in [4.78, 5) is 14.1. The SMILES string of the molecule is CC(C)N(CCC(=O)NC1CC1)c1ccc(CN)cc1. The summed E-state index contributed by atoms with van der Waals surface area (Å²) in [5.74, 6) is 0.164. The van der Waals surface area contributed by atoms with Gasteiger partial charge in [-0.05, 0) is 44.4 Å². The van der Waals surface area contributed by atoms with E-state index in [-0.39, 0.29) is 5.91 Å². The van der Waals surface area contributed by atoms with Gasteiger partial charge in [-0.25, -0.2) is 0 Å². The molecule has 1 aromatic carbocycles. The van der Waals surface area contributed by atoms with Crippen molar-refractivity contribution in [2.45, 2.75) is 51.7 Å². The molecule has 2 rings (SSSR count). The quantitative estimate of drug-likeness (QED) is 0.800. The second kappa shape index (κ2) is 6.75. The van der Waals surface area contributed by atoms with Gasteiger partial charge in [-0.3, -0.25) is 4.79 Å². The molecular formula is C16H25N3O. The normalized spacial score (nSPS) is 14.4. The largest absolute Gasteiger partial charge is 0.369 e. The number of hydrogen-bond donors (Lipinski definition) is 2. The van der Waals surface area contributed by atoms with Crippen molar-refractivity contribution < 1.29 is 4.79 Å². The van der Waals surface area contributed by atoms with Gasteiger partial charge in [0.2, 0.25) is 5.91 Å². The van der Waals surface area contributed by atoms with Gasteiger partial charge in [-0.2, -0.15) is 0 Å². The molecule has 1 aromatic rings. The lowest BCUT2D eigenvalue weighted by Gasteiger charge is -2.29. The molecule has 1 aliphatic rings. The summed E-state index contributed by atoms with van der Waals surface area (Å²) in [5, 5.41) is 3.04. The van der Waals surface area contributed by atoms with Crippen LogP contribution in [-0.2, 0) is 11.3 Å². The minimum absolute atomic E-state index is 0.164. The molecule has 0 unspecified atom stereocenters. The van der Waals surface area contributed by atoms with Crippen molar-refractivity contribution in [3.8, 4) is 0 Å². The molecule has 0 aromatic heterocycles. The fourth-order valence-electron chi connectivity index (χ4n) is 2.26. The Morgan fingerprint density at radius 3 is 2.50 bits per heavy atom. The van der Waals surface area contributed by atoms with E-state index in [4.69, 9.17) is 5.73 Å². The molecule has 3 N–H and O–H groups in total. The zero-order chi connectivity index (χ0) is 14.5. The third-order valence-corrected chi connectivity index (χ3v) is 3.65. The second-order valence-corrected chi connectivity index (χ2v) is 5.75. The maximum absolute atomic E-state index is 11.8. The minimum atomic E-state index is 0.164. The highest BCUT2D eigenvalue weighted by molar-refractivity contribution is 5.77. The Morgan fingerprint density at radius 2 is 2.00 bits per heavy atom. The van der Waals surface area contributed by atoms with E-state index in [2.05, 4.69) is 48.3 Å². The monoisotopic (exact) mass is 275 g/mol. The van der Waals surface area contributed by atoms with Crippen molar-refractivity contribution in [1.82, 2.24) is 5.32 Å². The average Bonchev–Trinajstić information content (AvgIpc) is 3.23. The first-order chi connectivity index (χ1) is 9.60. The van der Waals surface area contributed by atoms with E-state index in [1.165, 1.54) is 0 Å². The van der Waals surface area contributed by atoms with Crippen LogP contribution in [0.25, 0.3) is 0 Å². The zero-order valence-corrected chi connectivity index (χ0v) is 12.4. The summed E-state index contributed by atoms with van der Waals surface area (Å²) in [6.45, 7) is 5.61. The summed E-state index contributed by atoms with van der Waals surface area (Å²) < 4.78 is 0. The molecule has 20 heavy (non-hydrogen) atoms. The van der Waals surface area contributed by atoms with Crippen molar-refractivity contribution in [2.75, 3.05) is 11.4 Å². The maximum atomic E-state index is 11.8.